The van der Waals surface area contributed by atoms with Crippen molar-refractivity contribution in [3.8, 4) is 11.4 Å². The van der Waals surface area contributed by atoms with Gasteiger partial charge in [0.1, 0.15) is 0 Å². The second-order valence-corrected chi connectivity index (χ2v) is 8.04. The van der Waals surface area contributed by atoms with Gasteiger partial charge in [-0.25, -0.2) is 0 Å². The zero-order chi connectivity index (χ0) is 17.2. The highest BCUT2D eigenvalue weighted by Gasteiger charge is 2.22. The van der Waals surface area contributed by atoms with Crippen LogP contribution in [0, 0.1) is 6.92 Å². The van der Waals surface area contributed by atoms with Crippen molar-refractivity contribution >= 4 is 17.7 Å². The van der Waals surface area contributed by atoms with Gasteiger partial charge < -0.3 is 9.88 Å². The lowest BCUT2D eigenvalue weighted by Gasteiger charge is -2.22. The van der Waals surface area contributed by atoms with E-state index >= 15 is 0 Å². The van der Waals surface area contributed by atoms with Crippen LogP contribution in [0.15, 0.2) is 29.4 Å². The Morgan fingerprint density at radius 2 is 2.00 bits per heavy atom. The van der Waals surface area contributed by atoms with Gasteiger partial charge in [0.15, 0.2) is 11.0 Å². The summed E-state index contributed by atoms with van der Waals surface area (Å²) in [6.07, 6.45) is 0. The van der Waals surface area contributed by atoms with Gasteiger partial charge in [-0.1, -0.05) is 35.5 Å². The summed E-state index contributed by atoms with van der Waals surface area (Å²) in [5.74, 6) is 0.808. The summed E-state index contributed by atoms with van der Waals surface area (Å²) in [6.45, 7) is 9.85. The summed E-state index contributed by atoms with van der Waals surface area (Å²) >= 11 is 1.42. The van der Waals surface area contributed by atoms with Crippen LogP contribution in [0.3, 0.4) is 0 Å². The SMILES string of the molecule is Cc1cccc(-c2nnc(S[C@H](C)C(=O)NC(C)(C)C)n2C)c1. The predicted molar refractivity (Wildman–Crippen MR) is 94.4 cm³/mol. The first-order valence-electron chi connectivity index (χ1n) is 7.62. The molecular weight excluding hydrogens is 308 g/mol. The minimum absolute atomic E-state index is 0.00241. The predicted octanol–water partition coefficient (Wildman–Crippen LogP) is 3.19. The second kappa shape index (κ2) is 6.74. The monoisotopic (exact) mass is 332 g/mol. The number of hydrogen-bond acceptors (Lipinski definition) is 4. The molecule has 0 unspecified atom stereocenters. The Hall–Kier alpha value is -1.82. The van der Waals surface area contributed by atoms with Crippen LogP contribution in [0.1, 0.15) is 33.3 Å². The molecule has 0 spiro atoms. The average Bonchev–Trinajstić information content (AvgIpc) is 2.78. The van der Waals surface area contributed by atoms with Crippen LogP contribution in [-0.2, 0) is 11.8 Å². The molecule has 0 saturated heterocycles. The molecule has 6 heteroatoms. The van der Waals surface area contributed by atoms with Gasteiger partial charge in [-0.05, 0) is 40.7 Å². The zero-order valence-corrected chi connectivity index (χ0v) is 15.4. The number of nitrogens with zero attached hydrogens (tertiary/aromatic N) is 3. The van der Waals surface area contributed by atoms with E-state index in [1.807, 2.05) is 51.4 Å². The Morgan fingerprint density at radius 1 is 1.30 bits per heavy atom. The maximum atomic E-state index is 12.2. The minimum Gasteiger partial charge on any atom is -0.351 e. The van der Waals surface area contributed by atoms with Crippen molar-refractivity contribution in [2.75, 3.05) is 0 Å². The van der Waals surface area contributed by atoms with Crippen molar-refractivity contribution in [3.05, 3.63) is 29.8 Å². The number of hydrogen-bond donors (Lipinski definition) is 1. The average molecular weight is 332 g/mol. The number of amides is 1. The van der Waals surface area contributed by atoms with Crippen LogP contribution < -0.4 is 5.32 Å². The van der Waals surface area contributed by atoms with E-state index in [1.54, 1.807) is 0 Å². The molecule has 0 aliphatic carbocycles. The van der Waals surface area contributed by atoms with Crippen molar-refractivity contribution in [2.45, 2.75) is 50.6 Å². The third-order valence-electron chi connectivity index (χ3n) is 3.26. The van der Waals surface area contributed by atoms with Gasteiger partial charge >= 0.3 is 0 Å². The fourth-order valence-corrected chi connectivity index (χ4v) is 2.95. The summed E-state index contributed by atoms with van der Waals surface area (Å²) in [6, 6.07) is 8.15. The van der Waals surface area contributed by atoms with Crippen LogP contribution in [0.25, 0.3) is 11.4 Å². The normalized spacial score (nSPS) is 13.0. The quantitative estimate of drug-likeness (QED) is 0.874. The van der Waals surface area contributed by atoms with Crippen molar-refractivity contribution in [1.29, 1.82) is 0 Å². The number of carbonyl (C=O) groups is 1. The molecule has 0 bridgehead atoms. The lowest BCUT2D eigenvalue weighted by Crippen LogP contribution is -2.44. The van der Waals surface area contributed by atoms with E-state index in [4.69, 9.17) is 0 Å². The molecular formula is C17H24N4OS. The van der Waals surface area contributed by atoms with Gasteiger partial charge in [-0.3, -0.25) is 4.79 Å². The van der Waals surface area contributed by atoms with Crippen LogP contribution >= 0.6 is 11.8 Å². The number of thioether (sulfide) groups is 1. The number of carbonyl (C=O) groups excluding carboxylic acids is 1. The van der Waals surface area contributed by atoms with E-state index in [2.05, 4.69) is 34.6 Å². The van der Waals surface area contributed by atoms with Gasteiger partial charge in [0.05, 0.1) is 5.25 Å². The standard InChI is InChI=1S/C17H24N4OS/c1-11-8-7-9-13(10-11)14-19-20-16(21(14)6)23-12(2)15(22)18-17(3,4)5/h7-10,12H,1-6H3,(H,18,22)/t12-/m1/s1. The fourth-order valence-electron chi connectivity index (χ4n) is 2.14. The van der Waals surface area contributed by atoms with E-state index in [0.717, 1.165) is 16.5 Å². The maximum absolute atomic E-state index is 12.2. The van der Waals surface area contributed by atoms with E-state index in [-0.39, 0.29) is 16.7 Å². The van der Waals surface area contributed by atoms with Crippen LogP contribution in [0.5, 0.6) is 0 Å². The van der Waals surface area contributed by atoms with E-state index < -0.39 is 0 Å². The second-order valence-electron chi connectivity index (χ2n) is 6.73. The molecule has 1 heterocycles. The minimum atomic E-state index is -0.238. The van der Waals surface area contributed by atoms with Crippen LogP contribution in [0.4, 0.5) is 0 Å². The molecule has 1 atom stereocenters. The molecule has 2 rings (SSSR count). The molecule has 1 amide bonds. The number of rotatable bonds is 4. The first-order valence-corrected chi connectivity index (χ1v) is 8.50. The third kappa shape index (κ3) is 4.58. The Kier molecular flexibility index (Phi) is 5.14. The highest BCUT2D eigenvalue weighted by Crippen LogP contribution is 2.26. The number of aromatic nitrogens is 3. The first kappa shape index (κ1) is 17.5. The molecule has 1 N–H and O–H groups in total. The molecule has 124 valence electrons. The molecule has 23 heavy (non-hydrogen) atoms. The largest absolute Gasteiger partial charge is 0.351 e. The van der Waals surface area contributed by atoms with Gasteiger partial charge in [0.25, 0.3) is 0 Å². The van der Waals surface area contributed by atoms with Crippen molar-refractivity contribution in [1.82, 2.24) is 20.1 Å². The molecule has 0 saturated carbocycles. The molecule has 0 aliphatic rings. The van der Waals surface area contributed by atoms with Crippen molar-refractivity contribution < 1.29 is 4.79 Å². The number of benzene rings is 1. The van der Waals surface area contributed by atoms with Crippen molar-refractivity contribution in [3.63, 3.8) is 0 Å². The number of nitrogens with one attached hydrogen (secondary N) is 1. The first-order chi connectivity index (χ1) is 10.7. The Morgan fingerprint density at radius 3 is 2.61 bits per heavy atom. The molecule has 1 aromatic carbocycles. The van der Waals surface area contributed by atoms with E-state index in [9.17, 15) is 4.79 Å². The molecule has 2 aromatic rings. The number of aryl methyl sites for hydroxylation is 1. The fraction of sp³-hybridized carbons (Fsp3) is 0.471. The van der Waals surface area contributed by atoms with Crippen LogP contribution in [0.2, 0.25) is 0 Å². The summed E-state index contributed by atoms with van der Waals surface area (Å²) in [5.41, 5.74) is 1.97. The van der Waals surface area contributed by atoms with E-state index in [1.165, 1.54) is 17.3 Å². The summed E-state index contributed by atoms with van der Waals surface area (Å²) in [5, 5.41) is 12.0. The molecule has 1 aromatic heterocycles. The highest BCUT2D eigenvalue weighted by atomic mass is 32.2. The van der Waals surface area contributed by atoms with Gasteiger partial charge in [0, 0.05) is 18.2 Å². The Balaban J connectivity index is 2.15. The molecule has 0 radical (unpaired) electrons. The summed E-state index contributed by atoms with van der Waals surface area (Å²) < 4.78 is 1.93. The van der Waals surface area contributed by atoms with Gasteiger partial charge in [-0.15, -0.1) is 10.2 Å². The molecule has 5 nitrogen and oxygen atoms in total. The topological polar surface area (TPSA) is 59.8 Å². The Bertz CT molecular complexity index is 703. The smallest absolute Gasteiger partial charge is 0.233 e. The lowest BCUT2D eigenvalue weighted by atomic mass is 10.1. The van der Waals surface area contributed by atoms with Crippen LogP contribution in [-0.4, -0.2) is 31.5 Å². The van der Waals surface area contributed by atoms with Crippen molar-refractivity contribution in [2.24, 2.45) is 7.05 Å². The maximum Gasteiger partial charge on any atom is 0.233 e. The summed E-state index contributed by atoms with van der Waals surface area (Å²) in [4.78, 5) is 12.2. The molecule has 0 fully saturated rings. The lowest BCUT2D eigenvalue weighted by molar-refractivity contribution is -0.121. The zero-order valence-electron chi connectivity index (χ0n) is 14.5. The van der Waals surface area contributed by atoms with Gasteiger partial charge in [-0.2, -0.15) is 0 Å². The highest BCUT2D eigenvalue weighted by molar-refractivity contribution is 8.00. The summed E-state index contributed by atoms with van der Waals surface area (Å²) in [7, 11) is 1.92. The van der Waals surface area contributed by atoms with E-state index in [0.29, 0.717) is 0 Å². The third-order valence-corrected chi connectivity index (χ3v) is 4.39. The molecule has 0 aliphatic heterocycles. The van der Waals surface area contributed by atoms with Gasteiger partial charge in [0.2, 0.25) is 5.91 Å². The Labute approximate surface area is 141 Å².